The predicted molar refractivity (Wildman–Crippen MR) is 71.1 cm³/mol. The van der Waals surface area contributed by atoms with E-state index in [9.17, 15) is 13.2 Å². The lowest BCUT2D eigenvalue weighted by atomic mass is 9.94. The summed E-state index contributed by atoms with van der Waals surface area (Å²) in [6.45, 7) is 0. The van der Waals surface area contributed by atoms with E-state index in [-0.39, 0.29) is 10.9 Å². The molecule has 0 saturated heterocycles. The number of carboxylic acid groups (broad SMARTS) is 1. The van der Waals surface area contributed by atoms with Crippen LogP contribution in [0.2, 0.25) is 0 Å². The lowest BCUT2D eigenvalue weighted by Crippen LogP contribution is -2.39. The van der Waals surface area contributed by atoms with Gasteiger partial charge in [0.25, 0.3) is 0 Å². The topological polar surface area (TPSA) is 83.5 Å². The van der Waals surface area contributed by atoms with Gasteiger partial charge in [0.2, 0.25) is 10.0 Å². The van der Waals surface area contributed by atoms with Gasteiger partial charge in [-0.25, -0.2) is 17.9 Å². The molecule has 0 heterocycles. The zero-order chi connectivity index (χ0) is 13.9. The smallest absolute Gasteiger partial charge is 0.328 e. The Bertz CT molecular complexity index is 603. The van der Waals surface area contributed by atoms with Crippen LogP contribution in [0.25, 0.3) is 6.08 Å². The second-order valence-corrected chi connectivity index (χ2v) is 6.21. The third-order valence-corrected chi connectivity index (χ3v) is 4.53. The average molecular weight is 281 g/mol. The van der Waals surface area contributed by atoms with Crippen LogP contribution in [0.3, 0.4) is 0 Å². The molecule has 1 aromatic rings. The molecule has 1 aromatic carbocycles. The van der Waals surface area contributed by atoms with Crippen molar-refractivity contribution in [3.63, 3.8) is 0 Å². The number of carbonyl (C=O) groups is 1. The fourth-order valence-electron chi connectivity index (χ4n) is 1.77. The van der Waals surface area contributed by atoms with Gasteiger partial charge < -0.3 is 5.11 Å². The minimum absolute atomic E-state index is 0.0308. The lowest BCUT2D eigenvalue weighted by molar-refractivity contribution is -0.131. The van der Waals surface area contributed by atoms with E-state index in [1.807, 2.05) is 0 Å². The Kier molecular flexibility index (Phi) is 4.01. The van der Waals surface area contributed by atoms with Crippen LogP contribution in [0, 0.1) is 0 Å². The zero-order valence-corrected chi connectivity index (χ0v) is 11.1. The number of sulfonamides is 1. The summed E-state index contributed by atoms with van der Waals surface area (Å²) in [5.41, 5.74) is 0.541. The van der Waals surface area contributed by atoms with Crippen LogP contribution in [-0.2, 0) is 14.8 Å². The van der Waals surface area contributed by atoms with Crippen LogP contribution in [-0.4, -0.2) is 25.5 Å². The highest BCUT2D eigenvalue weighted by atomic mass is 32.2. The Morgan fingerprint density at radius 1 is 1.37 bits per heavy atom. The Balaban J connectivity index is 2.19. The first kappa shape index (κ1) is 13.8. The maximum atomic E-state index is 12.1. The number of nitrogens with one attached hydrogen (secondary N) is 1. The van der Waals surface area contributed by atoms with Crippen molar-refractivity contribution >= 4 is 22.1 Å². The van der Waals surface area contributed by atoms with Gasteiger partial charge in [-0.2, -0.15) is 0 Å². The first-order valence-corrected chi connectivity index (χ1v) is 7.49. The van der Waals surface area contributed by atoms with E-state index in [2.05, 4.69) is 4.72 Å². The van der Waals surface area contributed by atoms with Gasteiger partial charge in [-0.15, -0.1) is 0 Å². The Hall–Kier alpha value is -1.66. The van der Waals surface area contributed by atoms with Gasteiger partial charge in [0.15, 0.2) is 0 Å². The molecule has 102 valence electrons. The molecule has 0 amide bonds. The van der Waals surface area contributed by atoms with Crippen molar-refractivity contribution in [2.24, 2.45) is 0 Å². The SMILES string of the molecule is O=C(O)C=Cc1cccc(S(=O)(=O)NC2CCC2)c1. The van der Waals surface area contributed by atoms with E-state index < -0.39 is 16.0 Å². The predicted octanol–water partition coefficient (Wildman–Crippen LogP) is 1.62. The molecule has 6 heteroatoms. The van der Waals surface area contributed by atoms with Gasteiger partial charge in [0.05, 0.1) is 4.90 Å². The van der Waals surface area contributed by atoms with Gasteiger partial charge in [0.1, 0.15) is 0 Å². The second kappa shape index (κ2) is 5.54. The molecule has 19 heavy (non-hydrogen) atoms. The first-order chi connectivity index (χ1) is 8.97. The van der Waals surface area contributed by atoms with Crippen molar-refractivity contribution in [2.45, 2.75) is 30.2 Å². The molecule has 0 radical (unpaired) electrons. The average Bonchev–Trinajstić information content (AvgIpc) is 2.32. The molecular formula is C13H15NO4S. The van der Waals surface area contributed by atoms with Gasteiger partial charge in [-0.05, 0) is 36.6 Å². The molecular weight excluding hydrogens is 266 g/mol. The monoisotopic (exact) mass is 281 g/mol. The number of aliphatic carboxylic acids is 1. The van der Waals surface area contributed by atoms with E-state index in [1.54, 1.807) is 12.1 Å². The van der Waals surface area contributed by atoms with Crippen LogP contribution in [0.5, 0.6) is 0 Å². The number of benzene rings is 1. The molecule has 1 fully saturated rings. The zero-order valence-electron chi connectivity index (χ0n) is 10.2. The van der Waals surface area contributed by atoms with E-state index in [4.69, 9.17) is 5.11 Å². The Morgan fingerprint density at radius 3 is 2.68 bits per heavy atom. The molecule has 5 nitrogen and oxygen atoms in total. The molecule has 1 aliphatic rings. The largest absolute Gasteiger partial charge is 0.478 e. The minimum atomic E-state index is -3.51. The van der Waals surface area contributed by atoms with Crippen LogP contribution in [0.4, 0.5) is 0 Å². The molecule has 2 rings (SSSR count). The van der Waals surface area contributed by atoms with Crippen molar-refractivity contribution in [2.75, 3.05) is 0 Å². The summed E-state index contributed by atoms with van der Waals surface area (Å²) in [5.74, 6) is -1.07. The molecule has 0 aromatic heterocycles. The highest BCUT2D eigenvalue weighted by molar-refractivity contribution is 7.89. The van der Waals surface area contributed by atoms with E-state index in [0.717, 1.165) is 25.3 Å². The summed E-state index contributed by atoms with van der Waals surface area (Å²) in [7, 11) is -3.51. The lowest BCUT2D eigenvalue weighted by Gasteiger charge is -2.26. The molecule has 0 bridgehead atoms. The molecule has 0 aliphatic heterocycles. The molecule has 0 unspecified atom stereocenters. The van der Waals surface area contributed by atoms with Crippen molar-refractivity contribution < 1.29 is 18.3 Å². The van der Waals surface area contributed by atoms with Crippen LogP contribution in [0.1, 0.15) is 24.8 Å². The number of carboxylic acids is 1. The third-order valence-electron chi connectivity index (χ3n) is 3.01. The highest BCUT2D eigenvalue weighted by Crippen LogP contribution is 2.21. The normalized spacial score (nSPS) is 16.4. The molecule has 2 N–H and O–H groups in total. The summed E-state index contributed by atoms with van der Waals surface area (Å²) in [6.07, 6.45) is 5.14. The summed E-state index contributed by atoms with van der Waals surface area (Å²) >= 11 is 0. The van der Waals surface area contributed by atoms with E-state index in [1.165, 1.54) is 18.2 Å². The molecule has 1 aliphatic carbocycles. The summed E-state index contributed by atoms with van der Waals surface area (Å²) in [4.78, 5) is 10.6. The standard InChI is InChI=1S/C13H15NO4S/c15-13(16)8-7-10-3-1-6-12(9-10)19(17,18)14-11-4-2-5-11/h1,3,6-9,11,14H,2,4-5H2,(H,15,16). The number of hydrogen-bond donors (Lipinski definition) is 2. The summed E-state index contributed by atoms with van der Waals surface area (Å²) < 4.78 is 26.8. The number of hydrogen-bond acceptors (Lipinski definition) is 3. The summed E-state index contributed by atoms with van der Waals surface area (Å²) in [5, 5.41) is 8.55. The Morgan fingerprint density at radius 2 is 2.11 bits per heavy atom. The fourth-order valence-corrected chi connectivity index (χ4v) is 3.13. The Labute approximate surface area is 112 Å². The highest BCUT2D eigenvalue weighted by Gasteiger charge is 2.24. The third kappa shape index (κ3) is 3.65. The van der Waals surface area contributed by atoms with Gasteiger partial charge in [-0.1, -0.05) is 18.6 Å². The maximum absolute atomic E-state index is 12.1. The minimum Gasteiger partial charge on any atom is -0.478 e. The van der Waals surface area contributed by atoms with E-state index >= 15 is 0 Å². The van der Waals surface area contributed by atoms with Crippen molar-refractivity contribution in [1.82, 2.24) is 4.72 Å². The van der Waals surface area contributed by atoms with Crippen molar-refractivity contribution in [1.29, 1.82) is 0 Å². The molecule has 1 saturated carbocycles. The second-order valence-electron chi connectivity index (χ2n) is 4.49. The van der Waals surface area contributed by atoms with Gasteiger partial charge >= 0.3 is 5.97 Å². The van der Waals surface area contributed by atoms with E-state index in [0.29, 0.717) is 5.56 Å². The number of rotatable bonds is 5. The van der Waals surface area contributed by atoms with Crippen molar-refractivity contribution in [3.05, 3.63) is 35.9 Å². The first-order valence-electron chi connectivity index (χ1n) is 6.01. The van der Waals surface area contributed by atoms with Gasteiger partial charge in [-0.3, -0.25) is 0 Å². The van der Waals surface area contributed by atoms with Crippen LogP contribution in [0.15, 0.2) is 35.2 Å². The molecule has 0 spiro atoms. The van der Waals surface area contributed by atoms with Crippen LogP contribution < -0.4 is 4.72 Å². The fraction of sp³-hybridized carbons (Fsp3) is 0.308. The molecule has 0 atom stereocenters. The van der Waals surface area contributed by atoms with Gasteiger partial charge in [0, 0.05) is 12.1 Å². The van der Waals surface area contributed by atoms with Crippen LogP contribution >= 0.6 is 0 Å². The van der Waals surface area contributed by atoms with Crippen molar-refractivity contribution in [3.8, 4) is 0 Å². The quantitative estimate of drug-likeness (QED) is 0.803. The summed E-state index contributed by atoms with van der Waals surface area (Å²) in [6, 6.07) is 6.24. The maximum Gasteiger partial charge on any atom is 0.328 e.